The topological polar surface area (TPSA) is 110 Å². The van der Waals surface area contributed by atoms with Crippen LogP contribution >= 0.6 is 0 Å². The predicted octanol–water partition coefficient (Wildman–Crippen LogP) is -0.0268. The SMILES string of the molecule is CCc1ccc2c(c1)C(=O)C(=O)N2CC(=O)NC(N)=O. The predicted molar refractivity (Wildman–Crippen MR) is 70.2 cm³/mol. The van der Waals surface area contributed by atoms with Crippen LogP contribution in [0.2, 0.25) is 0 Å². The monoisotopic (exact) mass is 275 g/mol. The van der Waals surface area contributed by atoms with Crippen LogP contribution in [-0.2, 0) is 16.0 Å². The normalized spacial score (nSPS) is 13.3. The smallest absolute Gasteiger partial charge is 0.318 e. The zero-order valence-electron chi connectivity index (χ0n) is 10.8. The van der Waals surface area contributed by atoms with Crippen molar-refractivity contribution in [1.29, 1.82) is 0 Å². The highest BCUT2D eigenvalue weighted by Crippen LogP contribution is 2.29. The van der Waals surface area contributed by atoms with E-state index >= 15 is 0 Å². The van der Waals surface area contributed by atoms with Gasteiger partial charge in [-0.25, -0.2) is 4.79 Å². The number of carbonyl (C=O) groups excluding carboxylic acids is 4. The van der Waals surface area contributed by atoms with Crippen LogP contribution in [0.5, 0.6) is 0 Å². The van der Waals surface area contributed by atoms with Crippen LogP contribution < -0.4 is 16.0 Å². The molecule has 7 heteroatoms. The van der Waals surface area contributed by atoms with Crippen LogP contribution in [0, 0.1) is 0 Å². The van der Waals surface area contributed by atoms with Gasteiger partial charge in [0.2, 0.25) is 5.91 Å². The third kappa shape index (κ3) is 2.37. The van der Waals surface area contributed by atoms with Gasteiger partial charge in [0.1, 0.15) is 6.54 Å². The quantitative estimate of drug-likeness (QED) is 0.755. The Bertz CT molecular complexity index is 624. The van der Waals surface area contributed by atoms with E-state index in [1.807, 2.05) is 12.2 Å². The largest absolute Gasteiger partial charge is 0.351 e. The Labute approximate surface area is 114 Å². The standard InChI is InChI=1S/C13H13N3O4/c1-2-7-3-4-9-8(5-7)11(18)12(19)16(9)6-10(17)15-13(14)20/h3-5H,2,6H2,1H3,(H3,14,15,17,20). The molecule has 0 radical (unpaired) electrons. The van der Waals surface area contributed by atoms with Crippen LogP contribution in [-0.4, -0.2) is 30.2 Å². The number of benzene rings is 1. The second-order valence-electron chi connectivity index (χ2n) is 4.34. The summed E-state index contributed by atoms with van der Waals surface area (Å²) in [5.74, 6) is -2.18. The molecule has 7 nitrogen and oxygen atoms in total. The Morgan fingerprint density at radius 3 is 2.60 bits per heavy atom. The van der Waals surface area contributed by atoms with Crippen molar-refractivity contribution in [2.24, 2.45) is 5.73 Å². The fraction of sp³-hybridized carbons (Fsp3) is 0.231. The number of urea groups is 1. The minimum absolute atomic E-state index is 0.279. The number of fused-ring (bicyclic) bond motifs is 1. The van der Waals surface area contributed by atoms with Crippen LogP contribution in [0.1, 0.15) is 22.8 Å². The number of hydrogen-bond acceptors (Lipinski definition) is 4. The molecule has 0 saturated heterocycles. The van der Waals surface area contributed by atoms with Crippen LogP contribution in [0.3, 0.4) is 0 Å². The number of rotatable bonds is 3. The van der Waals surface area contributed by atoms with Crippen molar-refractivity contribution in [3.8, 4) is 0 Å². The van der Waals surface area contributed by atoms with Gasteiger partial charge in [-0.15, -0.1) is 0 Å². The van der Waals surface area contributed by atoms with Gasteiger partial charge in [-0.2, -0.15) is 0 Å². The molecule has 2 rings (SSSR count). The van der Waals surface area contributed by atoms with Gasteiger partial charge in [0.05, 0.1) is 11.3 Å². The Hall–Kier alpha value is -2.70. The summed E-state index contributed by atoms with van der Waals surface area (Å²) < 4.78 is 0. The highest BCUT2D eigenvalue weighted by Gasteiger charge is 2.36. The van der Waals surface area contributed by atoms with Crippen LogP contribution in [0.25, 0.3) is 0 Å². The van der Waals surface area contributed by atoms with Crippen molar-refractivity contribution < 1.29 is 19.2 Å². The summed E-state index contributed by atoms with van der Waals surface area (Å²) in [6, 6.07) is 4.04. The maximum atomic E-state index is 11.9. The lowest BCUT2D eigenvalue weighted by molar-refractivity contribution is -0.121. The minimum atomic E-state index is -1.01. The zero-order valence-corrected chi connectivity index (χ0v) is 10.8. The number of nitrogens with zero attached hydrogens (tertiary/aromatic N) is 1. The van der Waals surface area contributed by atoms with E-state index in [-0.39, 0.29) is 5.56 Å². The lowest BCUT2D eigenvalue weighted by atomic mass is 10.1. The molecule has 4 amide bonds. The van der Waals surface area contributed by atoms with E-state index in [1.165, 1.54) is 0 Å². The first-order chi connectivity index (χ1) is 9.43. The molecular weight excluding hydrogens is 262 g/mol. The molecule has 0 atom stereocenters. The lowest BCUT2D eigenvalue weighted by Crippen LogP contribution is -2.44. The molecule has 1 aromatic carbocycles. The van der Waals surface area contributed by atoms with Gasteiger partial charge >= 0.3 is 6.03 Å². The second kappa shape index (κ2) is 5.12. The van der Waals surface area contributed by atoms with E-state index in [0.717, 1.165) is 16.9 Å². The van der Waals surface area contributed by atoms with Gasteiger partial charge in [0.15, 0.2) is 0 Å². The van der Waals surface area contributed by atoms with Gasteiger partial charge in [-0.05, 0) is 24.1 Å². The number of nitrogens with two attached hydrogens (primary N) is 1. The first-order valence-electron chi connectivity index (χ1n) is 6.02. The third-order valence-corrected chi connectivity index (χ3v) is 3.01. The molecule has 0 unspecified atom stereocenters. The van der Waals surface area contributed by atoms with Gasteiger partial charge in [0, 0.05) is 0 Å². The number of nitrogens with one attached hydrogen (secondary N) is 1. The molecule has 0 saturated carbocycles. The molecule has 1 aliphatic heterocycles. The average Bonchev–Trinajstić information content (AvgIpc) is 2.62. The summed E-state index contributed by atoms with van der Waals surface area (Å²) in [5.41, 5.74) is 6.40. The van der Waals surface area contributed by atoms with Gasteiger partial charge < -0.3 is 5.73 Å². The van der Waals surface area contributed by atoms with Crippen molar-refractivity contribution in [2.45, 2.75) is 13.3 Å². The lowest BCUT2D eigenvalue weighted by Gasteiger charge is -2.15. The number of ketones is 1. The summed E-state index contributed by atoms with van der Waals surface area (Å²) in [5, 5.41) is 1.85. The Morgan fingerprint density at radius 2 is 2.00 bits per heavy atom. The molecule has 20 heavy (non-hydrogen) atoms. The summed E-state index contributed by atoms with van der Waals surface area (Å²) >= 11 is 0. The Kier molecular flexibility index (Phi) is 3.51. The van der Waals surface area contributed by atoms with Crippen molar-refractivity contribution in [1.82, 2.24) is 5.32 Å². The fourth-order valence-electron chi connectivity index (χ4n) is 2.05. The number of hydrogen-bond donors (Lipinski definition) is 2. The minimum Gasteiger partial charge on any atom is -0.351 e. The molecule has 1 aliphatic rings. The van der Waals surface area contributed by atoms with Gasteiger partial charge in [0.25, 0.3) is 11.7 Å². The Balaban J connectivity index is 2.29. The van der Waals surface area contributed by atoms with Crippen LogP contribution in [0.4, 0.5) is 10.5 Å². The molecule has 0 bridgehead atoms. The van der Waals surface area contributed by atoms with E-state index in [4.69, 9.17) is 5.73 Å². The fourth-order valence-corrected chi connectivity index (χ4v) is 2.05. The third-order valence-electron chi connectivity index (χ3n) is 3.01. The Morgan fingerprint density at radius 1 is 1.30 bits per heavy atom. The number of Topliss-reactive ketones (excluding diaryl/α,β-unsaturated/α-hetero) is 1. The second-order valence-corrected chi connectivity index (χ2v) is 4.34. The number of aryl methyl sites for hydroxylation is 1. The average molecular weight is 275 g/mol. The molecule has 104 valence electrons. The van der Waals surface area contributed by atoms with Crippen molar-refractivity contribution in [3.05, 3.63) is 29.3 Å². The highest BCUT2D eigenvalue weighted by atomic mass is 16.2. The van der Waals surface area contributed by atoms with E-state index in [9.17, 15) is 19.2 Å². The number of imide groups is 1. The molecule has 1 heterocycles. The number of primary amides is 1. The van der Waals surface area contributed by atoms with Crippen molar-refractivity contribution >= 4 is 29.3 Å². The van der Waals surface area contributed by atoms with Crippen molar-refractivity contribution in [2.75, 3.05) is 11.4 Å². The summed E-state index contributed by atoms with van der Waals surface area (Å²) in [6.45, 7) is 1.51. The first-order valence-corrected chi connectivity index (χ1v) is 6.02. The van der Waals surface area contributed by atoms with Crippen LogP contribution in [0.15, 0.2) is 18.2 Å². The maximum Gasteiger partial charge on any atom is 0.318 e. The summed E-state index contributed by atoms with van der Waals surface area (Å²) in [7, 11) is 0. The molecule has 0 spiro atoms. The van der Waals surface area contributed by atoms with E-state index < -0.39 is 30.2 Å². The number of amides is 4. The maximum absolute atomic E-state index is 11.9. The van der Waals surface area contributed by atoms with Crippen molar-refractivity contribution in [3.63, 3.8) is 0 Å². The number of carbonyl (C=O) groups is 4. The molecule has 0 fully saturated rings. The molecule has 0 aromatic heterocycles. The molecule has 3 N–H and O–H groups in total. The zero-order chi connectivity index (χ0) is 14.9. The molecule has 1 aromatic rings. The van der Waals surface area contributed by atoms with Gasteiger partial charge in [-0.1, -0.05) is 13.0 Å². The summed E-state index contributed by atoms with van der Waals surface area (Å²) in [4.78, 5) is 46.8. The highest BCUT2D eigenvalue weighted by molar-refractivity contribution is 6.52. The first kappa shape index (κ1) is 13.7. The summed E-state index contributed by atoms with van der Waals surface area (Å²) in [6.07, 6.45) is 0.733. The number of anilines is 1. The van der Waals surface area contributed by atoms with E-state index in [1.54, 1.807) is 18.2 Å². The van der Waals surface area contributed by atoms with Gasteiger partial charge in [-0.3, -0.25) is 24.6 Å². The van der Waals surface area contributed by atoms with E-state index in [0.29, 0.717) is 5.69 Å². The molecular formula is C13H13N3O4. The van der Waals surface area contributed by atoms with E-state index in [2.05, 4.69) is 0 Å². The molecule has 0 aliphatic carbocycles.